The molecule has 0 atom stereocenters. The lowest BCUT2D eigenvalue weighted by atomic mass is 10.0. The van der Waals surface area contributed by atoms with Crippen molar-refractivity contribution in [2.75, 3.05) is 26.2 Å². The van der Waals surface area contributed by atoms with E-state index in [1.807, 2.05) is 0 Å². The van der Waals surface area contributed by atoms with Crippen LogP contribution >= 0.6 is 0 Å². The first-order valence-corrected chi connectivity index (χ1v) is 13.1. The van der Waals surface area contributed by atoms with Gasteiger partial charge in [0, 0.05) is 0 Å². The second-order valence-corrected chi connectivity index (χ2v) is 9.19. The minimum atomic E-state index is 1.36. The average molecular weight is 383 g/mol. The smallest absolute Gasteiger partial charge is 0.0786 e. The van der Waals surface area contributed by atoms with Crippen molar-refractivity contribution in [3.63, 3.8) is 0 Å². The number of rotatable bonds is 22. The quantitative estimate of drug-likeness (QED) is 0.129. The van der Waals surface area contributed by atoms with Crippen molar-refractivity contribution in [1.29, 1.82) is 0 Å². The van der Waals surface area contributed by atoms with Gasteiger partial charge in [-0.25, -0.2) is 0 Å². The lowest BCUT2D eigenvalue weighted by Crippen LogP contribution is -2.50. The predicted octanol–water partition coefficient (Wildman–Crippen LogP) is 8.90. The van der Waals surface area contributed by atoms with E-state index in [0.717, 1.165) is 0 Å². The lowest BCUT2D eigenvalue weighted by molar-refractivity contribution is -0.929. The van der Waals surface area contributed by atoms with Crippen molar-refractivity contribution in [3.05, 3.63) is 0 Å². The summed E-state index contributed by atoms with van der Waals surface area (Å²) >= 11 is 0. The SMILES string of the molecule is CCCCCCCCCCCCCC[N+](CCCC)(CCCC)CCCC. The minimum absolute atomic E-state index is 1.36. The second-order valence-electron chi connectivity index (χ2n) is 9.19. The number of hydrogen-bond acceptors (Lipinski definition) is 0. The first kappa shape index (κ1) is 27.0. The molecule has 27 heavy (non-hydrogen) atoms. The molecule has 0 aliphatic carbocycles. The molecule has 1 nitrogen and oxygen atoms in total. The molecule has 0 aliphatic rings. The van der Waals surface area contributed by atoms with Crippen LogP contribution in [0.3, 0.4) is 0 Å². The Kier molecular flexibility index (Phi) is 20.7. The standard InChI is InChI=1S/C26H56N/c1-5-9-13-14-15-16-17-18-19-20-21-22-26-27(23-10-6-2,24-11-7-3)25-12-8-4/h5-26H2,1-4H3/q+1. The molecule has 0 amide bonds. The molecule has 0 heterocycles. The molecule has 0 aromatic carbocycles. The van der Waals surface area contributed by atoms with Gasteiger partial charge in [0.15, 0.2) is 0 Å². The van der Waals surface area contributed by atoms with Gasteiger partial charge in [0.2, 0.25) is 0 Å². The molecule has 164 valence electrons. The van der Waals surface area contributed by atoms with Crippen LogP contribution in [0.25, 0.3) is 0 Å². The van der Waals surface area contributed by atoms with E-state index in [-0.39, 0.29) is 0 Å². The van der Waals surface area contributed by atoms with Gasteiger partial charge in [-0.3, -0.25) is 0 Å². The maximum absolute atomic E-state index is 2.36. The molecule has 0 aromatic rings. The number of quaternary nitrogens is 1. The fourth-order valence-electron chi connectivity index (χ4n) is 4.44. The Bertz CT molecular complexity index is 252. The molecular formula is C26H56N+. The van der Waals surface area contributed by atoms with Gasteiger partial charge < -0.3 is 4.48 Å². The number of unbranched alkanes of at least 4 members (excludes halogenated alkanes) is 14. The van der Waals surface area contributed by atoms with Gasteiger partial charge in [0.1, 0.15) is 0 Å². The Morgan fingerprint density at radius 2 is 0.556 bits per heavy atom. The Balaban J connectivity index is 3.89. The predicted molar refractivity (Wildman–Crippen MR) is 126 cm³/mol. The monoisotopic (exact) mass is 382 g/mol. The van der Waals surface area contributed by atoms with Crippen molar-refractivity contribution < 1.29 is 4.48 Å². The van der Waals surface area contributed by atoms with Crippen molar-refractivity contribution in [2.24, 2.45) is 0 Å². The van der Waals surface area contributed by atoms with Crippen molar-refractivity contribution in [2.45, 2.75) is 143 Å². The van der Waals surface area contributed by atoms with Crippen molar-refractivity contribution >= 4 is 0 Å². The minimum Gasteiger partial charge on any atom is -0.324 e. The summed E-state index contributed by atoms with van der Waals surface area (Å²) in [6.45, 7) is 15.2. The van der Waals surface area contributed by atoms with Crippen molar-refractivity contribution in [1.82, 2.24) is 0 Å². The van der Waals surface area contributed by atoms with Gasteiger partial charge in [-0.05, 0) is 32.1 Å². The molecule has 0 saturated carbocycles. The fraction of sp³-hybridized carbons (Fsp3) is 1.00. The molecule has 0 rings (SSSR count). The maximum atomic E-state index is 2.36. The van der Waals surface area contributed by atoms with E-state index in [1.54, 1.807) is 0 Å². The van der Waals surface area contributed by atoms with E-state index in [0.29, 0.717) is 0 Å². The highest BCUT2D eigenvalue weighted by atomic mass is 15.3. The van der Waals surface area contributed by atoms with Crippen LogP contribution in [0, 0.1) is 0 Å². The summed E-state index contributed by atoms with van der Waals surface area (Å²) in [4.78, 5) is 0. The Labute approximate surface area is 174 Å². The van der Waals surface area contributed by atoms with Gasteiger partial charge in [0.25, 0.3) is 0 Å². The molecule has 0 spiro atoms. The van der Waals surface area contributed by atoms with E-state index in [2.05, 4.69) is 27.7 Å². The highest BCUT2D eigenvalue weighted by Gasteiger charge is 2.24. The van der Waals surface area contributed by atoms with Crippen LogP contribution in [0.15, 0.2) is 0 Å². The van der Waals surface area contributed by atoms with Gasteiger partial charge in [0.05, 0.1) is 26.2 Å². The molecule has 0 aromatic heterocycles. The molecule has 0 radical (unpaired) electrons. The third kappa shape index (κ3) is 16.6. The Hall–Kier alpha value is -0.0400. The summed E-state index contributed by atoms with van der Waals surface area (Å²) in [7, 11) is 0. The topological polar surface area (TPSA) is 0 Å². The van der Waals surface area contributed by atoms with Crippen LogP contribution in [0.5, 0.6) is 0 Å². The fourth-order valence-corrected chi connectivity index (χ4v) is 4.44. The van der Waals surface area contributed by atoms with E-state index in [9.17, 15) is 0 Å². The highest BCUT2D eigenvalue weighted by Crippen LogP contribution is 2.18. The van der Waals surface area contributed by atoms with Gasteiger partial charge in [-0.15, -0.1) is 0 Å². The lowest BCUT2D eigenvalue weighted by Gasteiger charge is -2.39. The number of nitrogens with zero attached hydrogens (tertiary/aromatic N) is 1. The summed E-state index contributed by atoms with van der Waals surface area (Å²) < 4.78 is 1.44. The van der Waals surface area contributed by atoms with E-state index >= 15 is 0 Å². The summed E-state index contributed by atoms with van der Waals surface area (Å²) in [5, 5.41) is 0. The molecule has 0 fully saturated rings. The van der Waals surface area contributed by atoms with Crippen LogP contribution in [-0.2, 0) is 0 Å². The largest absolute Gasteiger partial charge is 0.324 e. The maximum Gasteiger partial charge on any atom is 0.0786 e. The van der Waals surface area contributed by atoms with Crippen LogP contribution in [0.2, 0.25) is 0 Å². The first-order valence-electron chi connectivity index (χ1n) is 13.1. The van der Waals surface area contributed by atoms with Gasteiger partial charge in [-0.2, -0.15) is 0 Å². The summed E-state index contributed by atoms with van der Waals surface area (Å²) in [5.74, 6) is 0. The van der Waals surface area contributed by atoms with Crippen LogP contribution in [0.4, 0.5) is 0 Å². The van der Waals surface area contributed by atoms with Gasteiger partial charge in [-0.1, -0.05) is 111 Å². The summed E-state index contributed by atoms with van der Waals surface area (Å²) in [6, 6.07) is 0. The molecule has 0 N–H and O–H groups in total. The van der Waals surface area contributed by atoms with Gasteiger partial charge >= 0.3 is 0 Å². The molecule has 1 heteroatoms. The molecular weight excluding hydrogens is 326 g/mol. The Morgan fingerprint density at radius 1 is 0.296 bits per heavy atom. The van der Waals surface area contributed by atoms with Crippen LogP contribution in [-0.4, -0.2) is 30.7 Å². The normalized spacial score (nSPS) is 12.0. The molecule has 0 saturated heterocycles. The Morgan fingerprint density at radius 3 is 0.889 bits per heavy atom. The van der Waals surface area contributed by atoms with Crippen molar-refractivity contribution in [3.8, 4) is 0 Å². The summed E-state index contributed by atoms with van der Waals surface area (Å²) in [6.07, 6.45) is 25.9. The third-order valence-electron chi connectivity index (χ3n) is 6.44. The van der Waals surface area contributed by atoms with Crippen LogP contribution in [0.1, 0.15) is 143 Å². The molecule has 0 bridgehead atoms. The number of hydrogen-bond donors (Lipinski definition) is 0. The van der Waals surface area contributed by atoms with E-state index in [1.165, 1.54) is 146 Å². The van der Waals surface area contributed by atoms with Crippen LogP contribution < -0.4 is 0 Å². The summed E-state index contributed by atoms with van der Waals surface area (Å²) in [5.41, 5.74) is 0. The van der Waals surface area contributed by atoms with E-state index < -0.39 is 0 Å². The molecule has 0 aliphatic heterocycles. The zero-order valence-corrected chi connectivity index (χ0v) is 20.0. The second kappa shape index (κ2) is 20.7. The first-order chi connectivity index (χ1) is 13.2. The van der Waals surface area contributed by atoms with E-state index in [4.69, 9.17) is 0 Å². The third-order valence-corrected chi connectivity index (χ3v) is 6.44. The zero-order chi connectivity index (χ0) is 20.1. The average Bonchev–Trinajstić information content (AvgIpc) is 2.69. The highest BCUT2D eigenvalue weighted by molar-refractivity contribution is 4.52. The zero-order valence-electron chi connectivity index (χ0n) is 20.0. The molecule has 0 unspecified atom stereocenters.